The number of aromatic carboxylic acids is 1. The summed E-state index contributed by atoms with van der Waals surface area (Å²) in [6, 6.07) is 4.15. The Hall–Kier alpha value is -1.56. The van der Waals surface area contributed by atoms with Crippen molar-refractivity contribution in [2.45, 2.75) is 20.8 Å². The van der Waals surface area contributed by atoms with Crippen molar-refractivity contribution in [3.8, 4) is 0 Å². The second-order valence-electron chi connectivity index (χ2n) is 5.06. The van der Waals surface area contributed by atoms with Crippen LogP contribution in [-0.2, 0) is 0 Å². The first kappa shape index (κ1) is 16.5. The summed E-state index contributed by atoms with van der Waals surface area (Å²) in [6.07, 6.45) is 0. The molecule has 1 rings (SSSR count). The number of rotatable bonds is 5. The number of carboxylic acids is 1. The summed E-state index contributed by atoms with van der Waals surface area (Å²) in [4.78, 5) is 22.6. The Kier molecular flexibility index (Phi) is 6.01. The minimum Gasteiger partial charge on any atom is -0.478 e. The third-order valence-corrected chi connectivity index (χ3v) is 3.84. The third-order valence-electron chi connectivity index (χ3n) is 3.19. The van der Waals surface area contributed by atoms with Crippen LogP contribution in [0, 0.1) is 11.8 Å². The standard InChI is InChI=1S/C14H19BrN2O3/c1-8(2)9(3)7-16-14(20)17-12-5-4-10(13(18)19)6-11(12)15/h4-6,8-9H,7H2,1-3H3,(H,18,19)(H2,16,17,20). The molecule has 1 atom stereocenters. The van der Waals surface area contributed by atoms with E-state index in [1.807, 2.05) is 0 Å². The van der Waals surface area contributed by atoms with Crippen LogP contribution in [0.3, 0.4) is 0 Å². The highest BCUT2D eigenvalue weighted by Crippen LogP contribution is 2.23. The van der Waals surface area contributed by atoms with Crippen LogP contribution in [0.15, 0.2) is 22.7 Å². The molecule has 0 fully saturated rings. The lowest BCUT2D eigenvalue weighted by atomic mass is 9.98. The van der Waals surface area contributed by atoms with Crippen molar-refractivity contribution in [2.24, 2.45) is 11.8 Å². The summed E-state index contributed by atoms with van der Waals surface area (Å²) in [5.41, 5.74) is 0.695. The predicted octanol–water partition coefficient (Wildman–Crippen LogP) is 3.56. The molecule has 0 aliphatic heterocycles. The highest BCUT2D eigenvalue weighted by molar-refractivity contribution is 9.10. The Labute approximate surface area is 126 Å². The largest absolute Gasteiger partial charge is 0.478 e. The Balaban J connectivity index is 2.60. The zero-order valence-electron chi connectivity index (χ0n) is 11.7. The van der Waals surface area contributed by atoms with Crippen LogP contribution >= 0.6 is 15.9 Å². The fourth-order valence-electron chi connectivity index (χ4n) is 1.41. The van der Waals surface area contributed by atoms with Gasteiger partial charge in [-0.05, 0) is 46.0 Å². The van der Waals surface area contributed by atoms with Gasteiger partial charge in [-0.3, -0.25) is 0 Å². The summed E-state index contributed by atoms with van der Waals surface area (Å²) < 4.78 is 0.532. The van der Waals surface area contributed by atoms with Crippen molar-refractivity contribution in [3.63, 3.8) is 0 Å². The Bertz CT molecular complexity index is 503. The number of halogens is 1. The van der Waals surface area contributed by atoms with E-state index in [0.717, 1.165) is 0 Å². The lowest BCUT2D eigenvalue weighted by Gasteiger charge is -2.16. The van der Waals surface area contributed by atoms with E-state index >= 15 is 0 Å². The van der Waals surface area contributed by atoms with Crippen LogP contribution in [-0.4, -0.2) is 23.7 Å². The fraction of sp³-hybridized carbons (Fsp3) is 0.429. The third kappa shape index (κ3) is 4.85. The van der Waals surface area contributed by atoms with Crippen LogP contribution in [0.4, 0.5) is 10.5 Å². The molecule has 0 bridgehead atoms. The van der Waals surface area contributed by atoms with Crippen molar-refractivity contribution >= 4 is 33.6 Å². The number of nitrogens with one attached hydrogen (secondary N) is 2. The maximum Gasteiger partial charge on any atom is 0.335 e. The first-order valence-electron chi connectivity index (χ1n) is 6.39. The fourth-order valence-corrected chi connectivity index (χ4v) is 1.88. The van der Waals surface area contributed by atoms with Gasteiger partial charge in [0, 0.05) is 11.0 Å². The molecule has 0 aliphatic carbocycles. The number of anilines is 1. The van der Waals surface area contributed by atoms with E-state index in [9.17, 15) is 9.59 Å². The van der Waals surface area contributed by atoms with E-state index in [1.165, 1.54) is 12.1 Å². The molecule has 1 aromatic carbocycles. The SMILES string of the molecule is CC(C)C(C)CNC(=O)Nc1ccc(C(=O)O)cc1Br. The number of carboxylic acid groups (broad SMARTS) is 1. The lowest BCUT2D eigenvalue weighted by molar-refractivity contribution is 0.0697. The molecule has 0 aliphatic rings. The van der Waals surface area contributed by atoms with E-state index in [-0.39, 0.29) is 11.6 Å². The topological polar surface area (TPSA) is 78.4 Å². The van der Waals surface area contributed by atoms with Gasteiger partial charge in [0.15, 0.2) is 0 Å². The van der Waals surface area contributed by atoms with E-state index < -0.39 is 5.97 Å². The predicted molar refractivity (Wildman–Crippen MR) is 82.1 cm³/mol. The van der Waals surface area contributed by atoms with E-state index in [1.54, 1.807) is 6.07 Å². The lowest BCUT2D eigenvalue weighted by Crippen LogP contribution is -2.33. The van der Waals surface area contributed by atoms with Crippen LogP contribution in [0.25, 0.3) is 0 Å². The maximum absolute atomic E-state index is 11.8. The van der Waals surface area contributed by atoms with Crippen LogP contribution < -0.4 is 10.6 Å². The molecule has 0 radical (unpaired) electrons. The van der Waals surface area contributed by atoms with Crippen molar-refractivity contribution in [1.29, 1.82) is 0 Å². The number of urea groups is 1. The number of benzene rings is 1. The van der Waals surface area contributed by atoms with Gasteiger partial charge in [-0.1, -0.05) is 20.8 Å². The molecule has 6 heteroatoms. The number of amides is 2. The van der Waals surface area contributed by atoms with Gasteiger partial charge in [0.05, 0.1) is 11.3 Å². The number of hydrogen-bond donors (Lipinski definition) is 3. The molecule has 5 nitrogen and oxygen atoms in total. The quantitative estimate of drug-likeness (QED) is 0.765. The zero-order chi connectivity index (χ0) is 15.3. The van der Waals surface area contributed by atoms with Gasteiger partial charge in [-0.15, -0.1) is 0 Å². The highest BCUT2D eigenvalue weighted by atomic mass is 79.9. The van der Waals surface area contributed by atoms with Crippen molar-refractivity contribution in [3.05, 3.63) is 28.2 Å². The van der Waals surface area contributed by atoms with Gasteiger partial charge >= 0.3 is 12.0 Å². The molecule has 0 saturated heterocycles. The van der Waals surface area contributed by atoms with E-state index in [4.69, 9.17) is 5.11 Å². The zero-order valence-corrected chi connectivity index (χ0v) is 13.3. The van der Waals surface area contributed by atoms with Gasteiger partial charge in [0.1, 0.15) is 0 Å². The number of carbonyl (C=O) groups excluding carboxylic acids is 1. The Morgan fingerprint density at radius 2 is 1.95 bits per heavy atom. The second kappa shape index (κ2) is 7.28. The molecule has 1 unspecified atom stereocenters. The number of hydrogen-bond acceptors (Lipinski definition) is 2. The maximum atomic E-state index is 11.8. The molecular formula is C14H19BrN2O3. The summed E-state index contributed by atoms with van der Waals surface area (Å²) in [7, 11) is 0. The summed E-state index contributed by atoms with van der Waals surface area (Å²) in [5.74, 6) is -0.122. The number of carbonyl (C=O) groups is 2. The van der Waals surface area contributed by atoms with Crippen LogP contribution in [0.1, 0.15) is 31.1 Å². The molecule has 2 amide bonds. The van der Waals surface area contributed by atoms with Crippen LogP contribution in [0.2, 0.25) is 0 Å². The molecule has 0 saturated carbocycles. The van der Waals surface area contributed by atoms with E-state index in [2.05, 4.69) is 47.3 Å². The Morgan fingerprint density at radius 3 is 2.45 bits per heavy atom. The summed E-state index contributed by atoms with van der Waals surface area (Å²) in [5, 5.41) is 14.3. The molecule has 0 aromatic heterocycles. The van der Waals surface area contributed by atoms with Gasteiger partial charge in [-0.25, -0.2) is 9.59 Å². The first-order chi connectivity index (χ1) is 9.31. The van der Waals surface area contributed by atoms with Crippen molar-refractivity contribution < 1.29 is 14.7 Å². The van der Waals surface area contributed by atoms with Gasteiger partial charge < -0.3 is 15.7 Å². The average molecular weight is 343 g/mol. The molecule has 0 spiro atoms. The molecular weight excluding hydrogens is 324 g/mol. The normalized spacial score (nSPS) is 12.1. The van der Waals surface area contributed by atoms with Crippen molar-refractivity contribution in [1.82, 2.24) is 5.32 Å². The van der Waals surface area contributed by atoms with Gasteiger partial charge in [-0.2, -0.15) is 0 Å². The van der Waals surface area contributed by atoms with Crippen molar-refractivity contribution in [2.75, 3.05) is 11.9 Å². The van der Waals surface area contributed by atoms with Gasteiger partial charge in [0.25, 0.3) is 0 Å². The van der Waals surface area contributed by atoms with E-state index in [0.29, 0.717) is 28.5 Å². The minimum atomic E-state index is -1.01. The molecule has 110 valence electrons. The first-order valence-corrected chi connectivity index (χ1v) is 7.18. The minimum absolute atomic E-state index is 0.163. The second-order valence-corrected chi connectivity index (χ2v) is 5.91. The smallest absolute Gasteiger partial charge is 0.335 e. The highest BCUT2D eigenvalue weighted by Gasteiger charge is 2.11. The molecule has 20 heavy (non-hydrogen) atoms. The Morgan fingerprint density at radius 1 is 1.30 bits per heavy atom. The summed E-state index contributed by atoms with van der Waals surface area (Å²) in [6.45, 7) is 6.87. The monoisotopic (exact) mass is 342 g/mol. The average Bonchev–Trinajstić information content (AvgIpc) is 2.37. The van der Waals surface area contributed by atoms with Crippen LogP contribution in [0.5, 0.6) is 0 Å². The summed E-state index contributed by atoms with van der Waals surface area (Å²) >= 11 is 3.24. The molecule has 3 N–H and O–H groups in total. The van der Waals surface area contributed by atoms with Gasteiger partial charge in [0.2, 0.25) is 0 Å². The molecule has 1 aromatic rings. The molecule has 0 heterocycles.